The molecule has 2 rings (SSSR count). The van der Waals surface area contributed by atoms with Crippen molar-refractivity contribution in [1.29, 1.82) is 0 Å². The number of carbonyl (C=O) groups is 1. The third-order valence-corrected chi connectivity index (χ3v) is 2.76. The first-order valence-corrected chi connectivity index (χ1v) is 6.36. The summed E-state index contributed by atoms with van der Waals surface area (Å²) in [5.41, 5.74) is 1.11. The van der Waals surface area contributed by atoms with Gasteiger partial charge in [0.2, 0.25) is 0 Å². The molecule has 0 unspecified atom stereocenters. The summed E-state index contributed by atoms with van der Waals surface area (Å²) in [7, 11) is 1.37. The summed E-state index contributed by atoms with van der Waals surface area (Å²) in [6.07, 6.45) is 0. The maximum Gasteiger partial charge on any atom is 0.252 e. The van der Waals surface area contributed by atoms with Gasteiger partial charge in [-0.2, -0.15) is 0 Å². The van der Waals surface area contributed by atoms with E-state index in [0.29, 0.717) is 0 Å². The predicted octanol–water partition coefficient (Wildman–Crippen LogP) is 2.62. The molecule has 0 aliphatic rings. The Morgan fingerprint density at radius 2 is 2.00 bits per heavy atom. The lowest BCUT2D eigenvalue weighted by Gasteiger charge is -2.04. The first-order chi connectivity index (χ1) is 10.2. The fourth-order valence-corrected chi connectivity index (χ4v) is 1.70. The highest BCUT2D eigenvalue weighted by atomic mass is 19.1. The van der Waals surface area contributed by atoms with Crippen LogP contribution in [0, 0.1) is 17.7 Å². The van der Waals surface area contributed by atoms with E-state index in [2.05, 4.69) is 17.2 Å². The van der Waals surface area contributed by atoms with Crippen LogP contribution in [0.3, 0.4) is 0 Å². The largest absolute Gasteiger partial charge is 0.494 e. The highest BCUT2D eigenvalue weighted by molar-refractivity contribution is 5.94. The van der Waals surface area contributed by atoms with Crippen molar-refractivity contribution in [2.75, 3.05) is 13.7 Å². The molecular formula is C17H14FNO2. The summed E-state index contributed by atoms with van der Waals surface area (Å²) in [6.45, 7) is 0.196. The lowest BCUT2D eigenvalue weighted by atomic mass is 10.2. The van der Waals surface area contributed by atoms with Crippen molar-refractivity contribution < 1.29 is 13.9 Å². The molecule has 0 fully saturated rings. The fourth-order valence-electron chi connectivity index (χ4n) is 1.70. The van der Waals surface area contributed by atoms with Crippen LogP contribution >= 0.6 is 0 Å². The SMILES string of the molecule is COc1ccc(C(=O)NCC#Cc2ccccc2)cc1F. The number of carbonyl (C=O) groups excluding carboxylic acids is 1. The minimum absolute atomic E-state index is 0.107. The van der Waals surface area contributed by atoms with Gasteiger partial charge in [-0.3, -0.25) is 4.79 Å². The van der Waals surface area contributed by atoms with E-state index in [-0.39, 0.29) is 23.8 Å². The predicted molar refractivity (Wildman–Crippen MR) is 78.6 cm³/mol. The van der Waals surface area contributed by atoms with Gasteiger partial charge in [-0.25, -0.2) is 4.39 Å². The van der Waals surface area contributed by atoms with E-state index in [4.69, 9.17) is 4.74 Å². The molecule has 0 aromatic heterocycles. The summed E-state index contributed by atoms with van der Waals surface area (Å²) in [5.74, 6) is 4.92. The van der Waals surface area contributed by atoms with Crippen LogP contribution in [-0.2, 0) is 0 Å². The minimum atomic E-state index is -0.569. The van der Waals surface area contributed by atoms with Gasteiger partial charge in [0.05, 0.1) is 13.7 Å². The van der Waals surface area contributed by atoms with Crippen molar-refractivity contribution in [3.63, 3.8) is 0 Å². The van der Waals surface area contributed by atoms with Gasteiger partial charge in [-0.05, 0) is 30.3 Å². The molecule has 0 bridgehead atoms. The number of rotatable bonds is 3. The molecule has 0 atom stereocenters. The molecule has 0 spiro atoms. The second-order valence-electron chi connectivity index (χ2n) is 4.20. The number of halogens is 1. The van der Waals surface area contributed by atoms with E-state index >= 15 is 0 Å². The third kappa shape index (κ3) is 4.08. The van der Waals surface area contributed by atoms with Crippen LogP contribution in [0.2, 0.25) is 0 Å². The van der Waals surface area contributed by atoms with Crippen molar-refractivity contribution in [3.05, 3.63) is 65.5 Å². The molecule has 0 radical (unpaired) electrons. The number of nitrogens with one attached hydrogen (secondary N) is 1. The maximum atomic E-state index is 13.5. The molecular weight excluding hydrogens is 269 g/mol. The normalized spacial score (nSPS) is 9.43. The average Bonchev–Trinajstić information content (AvgIpc) is 2.52. The van der Waals surface area contributed by atoms with Crippen molar-refractivity contribution >= 4 is 5.91 Å². The molecule has 4 heteroatoms. The zero-order chi connectivity index (χ0) is 15.1. The first-order valence-electron chi connectivity index (χ1n) is 6.36. The average molecular weight is 283 g/mol. The summed E-state index contributed by atoms with van der Waals surface area (Å²) < 4.78 is 18.3. The Morgan fingerprint density at radius 3 is 2.67 bits per heavy atom. The standard InChI is InChI=1S/C17H14FNO2/c1-21-16-10-9-14(12-15(16)18)17(20)19-11-5-8-13-6-3-2-4-7-13/h2-4,6-7,9-10,12H,11H2,1H3,(H,19,20). The molecule has 0 saturated heterocycles. The molecule has 0 saturated carbocycles. The van der Waals surface area contributed by atoms with Gasteiger partial charge in [0.25, 0.3) is 5.91 Å². The van der Waals surface area contributed by atoms with Crippen LogP contribution in [0.15, 0.2) is 48.5 Å². The smallest absolute Gasteiger partial charge is 0.252 e. The molecule has 106 valence electrons. The number of benzene rings is 2. The van der Waals surface area contributed by atoms with Crippen LogP contribution in [-0.4, -0.2) is 19.6 Å². The van der Waals surface area contributed by atoms with Gasteiger partial charge >= 0.3 is 0 Å². The Kier molecular flexibility index (Phi) is 4.94. The Hall–Kier alpha value is -2.80. The zero-order valence-electron chi connectivity index (χ0n) is 11.5. The number of amides is 1. The Morgan fingerprint density at radius 1 is 1.24 bits per heavy atom. The highest BCUT2D eigenvalue weighted by Crippen LogP contribution is 2.17. The van der Waals surface area contributed by atoms with Gasteiger partial charge in [-0.15, -0.1) is 0 Å². The Balaban J connectivity index is 1.93. The summed E-state index contributed by atoms with van der Waals surface area (Å²) in [5, 5.41) is 2.61. The minimum Gasteiger partial charge on any atom is -0.494 e. The number of methoxy groups -OCH3 is 1. The van der Waals surface area contributed by atoms with Crippen LogP contribution < -0.4 is 10.1 Å². The van der Waals surface area contributed by atoms with Crippen LogP contribution in [0.5, 0.6) is 5.75 Å². The molecule has 0 heterocycles. The van der Waals surface area contributed by atoms with Gasteiger partial charge in [0.1, 0.15) is 0 Å². The van der Waals surface area contributed by atoms with Crippen molar-refractivity contribution in [2.24, 2.45) is 0 Å². The molecule has 21 heavy (non-hydrogen) atoms. The number of hydrogen-bond donors (Lipinski definition) is 1. The molecule has 2 aromatic carbocycles. The maximum absolute atomic E-state index is 13.5. The van der Waals surface area contributed by atoms with E-state index in [1.807, 2.05) is 30.3 Å². The van der Waals surface area contributed by atoms with Crippen LogP contribution in [0.1, 0.15) is 15.9 Å². The molecule has 1 amide bonds. The van der Waals surface area contributed by atoms with E-state index in [9.17, 15) is 9.18 Å². The second kappa shape index (κ2) is 7.11. The highest BCUT2D eigenvalue weighted by Gasteiger charge is 2.08. The van der Waals surface area contributed by atoms with Crippen LogP contribution in [0.4, 0.5) is 4.39 Å². The monoisotopic (exact) mass is 283 g/mol. The first kappa shape index (κ1) is 14.6. The van der Waals surface area contributed by atoms with E-state index in [1.54, 1.807) is 0 Å². The molecule has 3 nitrogen and oxygen atoms in total. The van der Waals surface area contributed by atoms with Crippen molar-refractivity contribution in [2.45, 2.75) is 0 Å². The van der Waals surface area contributed by atoms with Gasteiger partial charge in [-0.1, -0.05) is 30.0 Å². The van der Waals surface area contributed by atoms with Crippen LogP contribution in [0.25, 0.3) is 0 Å². The lowest BCUT2D eigenvalue weighted by Crippen LogP contribution is -2.23. The third-order valence-electron chi connectivity index (χ3n) is 2.76. The number of hydrogen-bond acceptors (Lipinski definition) is 2. The summed E-state index contributed by atoms with van der Waals surface area (Å²) in [6, 6.07) is 13.5. The van der Waals surface area contributed by atoms with Crippen molar-refractivity contribution in [1.82, 2.24) is 5.32 Å². The number of ether oxygens (including phenoxy) is 1. The van der Waals surface area contributed by atoms with Gasteiger partial charge < -0.3 is 10.1 Å². The lowest BCUT2D eigenvalue weighted by molar-refractivity contribution is 0.0958. The van der Waals surface area contributed by atoms with E-state index in [1.165, 1.54) is 19.2 Å². The zero-order valence-corrected chi connectivity index (χ0v) is 11.5. The van der Waals surface area contributed by atoms with E-state index in [0.717, 1.165) is 11.6 Å². The second-order valence-corrected chi connectivity index (χ2v) is 4.20. The topological polar surface area (TPSA) is 38.3 Å². The van der Waals surface area contributed by atoms with E-state index < -0.39 is 5.82 Å². The Bertz CT molecular complexity index is 687. The fraction of sp³-hybridized carbons (Fsp3) is 0.118. The molecule has 0 aliphatic carbocycles. The molecule has 2 aromatic rings. The van der Waals surface area contributed by atoms with Gasteiger partial charge in [0, 0.05) is 11.1 Å². The van der Waals surface area contributed by atoms with Gasteiger partial charge in [0.15, 0.2) is 11.6 Å². The molecule has 0 aliphatic heterocycles. The molecule has 1 N–H and O–H groups in total. The Labute approximate surface area is 122 Å². The van der Waals surface area contributed by atoms with Crippen molar-refractivity contribution in [3.8, 4) is 17.6 Å². The summed E-state index contributed by atoms with van der Waals surface area (Å²) in [4.78, 5) is 11.8. The summed E-state index contributed by atoms with van der Waals surface area (Å²) >= 11 is 0. The quantitative estimate of drug-likeness (QED) is 0.879.